The van der Waals surface area contributed by atoms with Crippen LogP contribution in [0.1, 0.15) is 5.56 Å². The van der Waals surface area contributed by atoms with Crippen LogP contribution in [-0.4, -0.2) is 0 Å². The summed E-state index contributed by atoms with van der Waals surface area (Å²) in [6, 6.07) is 10.3. The van der Waals surface area contributed by atoms with Gasteiger partial charge < -0.3 is 0 Å². The molecule has 1 aromatic carbocycles. The van der Waals surface area contributed by atoms with Gasteiger partial charge in [0.15, 0.2) is 0 Å². The minimum absolute atomic E-state index is 1.32. The zero-order chi connectivity index (χ0) is 5.11. The van der Waals surface area contributed by atoms with Crippen molar-refractivity contribution in [1.29, 1.82) is 0 Å². The summed E-state index contributed by atoms with van der Waals surface area (Å²) in [7, 11) is 0. The lowest BCUT2D eigenvalue weighted by molar-refractivity contribution is 1.48. The first-order valence-electron chi connectivity index (χ1n) is 2.41. The standard InChI is InChI=1S/C7H8/c1-7-5-3-2-4-6-7/h2-6H,1H3/i1+1,2+1,3+1,4+1,5+1,6+1,7+1. The Morgan fingerprint density at radius 1 is 1.00 bits per heavy atom. The van der Waals surface area contributed by atoms with Gasteiger partial charge in [-0.1, -0.05) is 35.9 Å². The molecule has 0 aliphatic heterocycles. The van der Waals surface area contributed by atoms with E-state index >= 15 is 0 Å². The lowest BCUT2D eigenvalue weighted by atomic mass is 11.2. The molecule has 1 aromatic rings. The van der Waals surface area contributed by atoms with Gasteiger partial charge in [-0.25, -0.2) is 0 Å². The summed E-state index contributed by atoms with van der Waals surface area (Å²) < 4.78 is 0. The van der Waals surface area contributed by atoms with E-state index in [1.54, 1.807) is 0 Å². The Morgan fingerprint density at radius 2 is 1.57 bits per heavy atom. The summed E-state index contributed by atoms with van der Waals surface area (Å²) in [6.45, 7) is 2.08. The van der Waals surface area contributed by atoms with Crippen molar-refractivity contribution < 1.29 is 0 Å². The molecule has 7 heavy (non-hydrogen) atoms. The third-order valence-electron chi connectivity index (χ3n) is 0.940. The van der Waals surface area contributed by atoms with Gasteiger partial charge in [0, 0.05) is 0 Å². The molecule has 0 aliphatic rings. The van der Waals surface area contributed by atoms with Crippen molar-refractivity contribution in [3.05, 3.63) is 35.9 Å². The van der Waals surface area contributed by atoms with Gasteiger partial charge in [0.25, 0.3) is 0 Å². The van der Waals surface area contributed by atoms with Crippen LogP contribution in [0.5, 0.6) is 0 Å². The quantitative estimate of drug-likeness (QED) is 0.436. The molecule has 0 aromatic heterocycles. The molecule has 0 heterocycles. The Balaban J connectivity index is 3.02. The maximum Gasteiger partial charge on any atom is -0.0398 e. The van der Waals surface area contributed by atoms with Gasteiger partial charge in [0.2, 0.25) is 0 Å². The van der Waals surface area contributed by atoms with Crippen LogP contribution in [0.2, 0.25) is 0 Å². The van der Waals surface area contributed by atoms with Crippen molar-refractivity contribution in [1.82, 2.24) is 0 Å². The number of aryl methyl sites for hydroxylation is 1. The molecule has 36 valence electrons. The highest BCUT2D eigenvalue weighted by atomic mass is 14.8. The van der Waals surface area contributed by atoms with Crippen LogP contribution in [-0.2, 0) is 0 Å². The Labute approximate surface area is 43.8 Å². The van der Waals surface area contributed by atoms with Gasteiger partial charge in [-0.05, 0) is 6.92 Å². The molecule has 0 spiro atoms. The second-order valence-electron chi connectivity index (χ2n) is 1.65. The zero-order valence-electron chi connectivity index (χ0n) is 4.39. The van der Waals surface area contributed by atoms with E-state index in [4.69, 9.17) is 0 Å². The van der Waals surface area contributed by atoms with Crippen molar-refractivity contribution in [3.63, 3.8) is 0 Å². The van der Waals surface area contributed by atoms with Crippen molar-refractivity contribution in [2.24, 2.45) is 0 Å². The molecule has 0 amide bonds. The summed E-state index contributed by atoms with van der Waals surface area (Å²) in [5, 5.41) is 0. The highest BCUT2D eigenvalue weighted by Gasteiger charge is 1.72. The Bertz CT molecular complexity index is 130. The smallest absolute Gasteiger partial charge is 0.0398 e. The van der Waals surface area contributed by atoms with Crippen molar-refractivity contribution >= 4 is 0 Å². The molecule has 0 heteroatoms. The molecule has 0 saturated heterocycles. The van der Waals surface area contributed by atoms with E-state index in [9.17, 15) is 0 Å². The summed E-state index contributed by atoms with van der Waals surface area (Å²) in [4.78, 5) is 0. The molecule has 0 atom stereocenters. The van der Waals surface area contributed by atoms with Gasteiger partial charge in [0.05, 0.1) is 0 Å². The fraction of sp³-hybridized carbons (Fsp3) is 0.143. The average Bonchev–Trinajstić information content (AvgIpc) is 1.69. The predicted molar refractivity (Wildman–Crippen MR) is 31.2 cm³/mol. The maximum atomic E-state index is 2.08. The van der Waals surface area contributed by atoms with Crippen LogP contribution in [0.25, 0.3) is 0 Å². The highest BCUT2D eigenvalue weighted by molar-refractivity contribution is 5.11. The molecule has 1 rings (SSSR count). The first kappa shape index (κ1) is 4.38. The van der Waals surface area contributed by atoms with Crippen molar-refractivity contribution in [2.45, 2.75) is 6.92 Å². The molecule has 0 N–H and O–H groups in total. The van der Waals surface area contributed by atoms with Crippen molar-refractivity contribution in [2.75, 3.05) is 0 Å². The van der Waals surface area contributed by atoms with E-state index in [0.717, 1.165) is 0 Å². The van der Waals surface area contributed by atoms with Gasteiger partial charge in [-0.3, -0.25) is 0 Å². The van der Waals surface area contributed by atoms with E-state index in [-0.39, 0.29) is 0 Å². The van der Waals surface area contributed by atoms with E-state index in [0.29, 0.717) is 0 Å². The zero-order valence-corrected chi connectivity index (χ0v) is 4.39. The molecule has 0 aliphatic carbocycles. The van der Waals surface area contributed by atoms with Gasteiger partial charge in [-0.2, -0.15) is 0 Å². The second kappa shape index (κ2) is 1.78. The number of hydrogen-bond donors (Lipinski definition) is 0. The topological polar surface area (TPSA) is 0 Å². The summed E-state index contributed by atoms with van der Waals surface area (Å²) in [5.41, 5.74) is 1.32. The Hall–Kier alpha value is -0.780. The molecular weight excluding hydrogens is 91.0 g/mol. The molecule has 0 fully saturated rings. The van der Waals surface area contributed by atoms with E-state index in [2.05, 4.69) is 19.1 Å². The van der Waals surface area contributed by atoms with Crippen LogP contribution < -0.4 is 0 Å². The Morgan fingerprint density at radius 3 is 1.86 bits per heavy atom. The SMILES string of the molecule is [13CH3][13c]1[13cH][13cH][13cH][13cH][13cH]1. The highest BCUT2D eigenvalue weighted by Crippen LogP contribution is 1.92. The molecule has 0 nitrogen and oxygen atoms in total. The largest absolute Gasteiger partial charge is 0.0622 e. The van der Waals surface area contributed by atoms with Crippen LogP contribution in [0.3, 0.4) is 0 Å². The van der Waals surface area contributed by atoms with Gasteiger partial charge >= 0.3 is 0 Å². The monoisotopic (exact) mass is 99.1 g/mol. The lowest BCUT2D eigenvalue weighted by Gasteiger charge is -1.82. The van der Waals surface area contributed by atoms with Crippen LogP contribution in [0, 0.1) is 6.92 Å². The number of hydrogen-bond acceptors (Lipinski definition) is 0. The maximum absolute atomic E-state index is 2.08. The van der Waals surface area contributed by atoms with Crippen LogP contribution in [0.4, 0.5) is 0 Å². The van der Waals surface area contributed by atoms with E-state index < -0.39 is 0 Å². The third-order valence-corrected chi connectivity index (χ3v) is 0.940. The fourth-order valence-electron chi connectivity index (χ4n) is 0.534. The minimum Gasteiger partial charge on any atom is -0.0622 e. The van der Waals surface area contributed by atoms with E-state index in [1.165, 1.54) is 5.56 Å². The predicted octanol–water partition coefficient (Wildman–Crippen LogP) is 2.00. The molecule has 0 bridgehead atoms. The van der Waals surface area contributed by atoms with Crippen molar-refractivity contribution in [3.8, 4) is 0 Å². The number of benzene rings is 1. The molecule has 0 radical (unpaired) electrons. The number of rotatable bonds is 0. The summed E-state index contributed by atoms with van der Waals surface area (Å²) in [6.07, 6.45) is 0. The van der Waals surface area contributed by atoms with Crippen LogP contribution in [0.15, 0.2) is 30.3 Å². The Kier molecular flexibility index (Phi) is 1.12. The second-order valence-corrected chi connectivity index (χ2v) is 1.65. The van der Waals surface area contributed by atoms with Crippen LogP contribution >= 0.6 is 0 Å². The summed E-state index contributed by atoms with van der Waals surface area (Å²) in [5.74, 6) is 0. The lowest BCUT2D eigenvalue weighted by Crippen LogP contribution is -1.62. The normalized spacial score (nSPS) is 8.71. The molecule has 0 unspecified atom stereocenters. The van der Waals surface area contributed by atoms with E-state index in [1.807, 2.05) is 18.2 Å². The summed E-state index contributed by atoms with van der Waals surface area (Å²) >= 11 is 0. The molecular formula is C7H8. The average molecular weight is 99.1 g/mol. The third kappa shape index (κ3) is 1.04. The van der Waals surface area contributed by atoms with Gasteiger partial charge in [-0.15, -0.1) is 0 Å². The fourth-order valence-corrected chi connectivity index (χ4v) is 0.534. The van der Waals surface area contributed by atoms with Gasteiger partial charge in [0.1, 0.15) is 0 Å². The minimum atomic E-state index is 1.32. The first-order chi connectivity index (χ1) is 3.39. The first-order valence-corrected chi connectivity index (χ1v) is 2.41. The molecule has 0 saturated carbocycles.